The van der Waals surface area contributed by atoms with Crippen LogP contribution in [0.1, 0.15) is 26.2 Å². The highest BCUT2D eigenvalue weighted by Crippen LogP contribution is 2.26. The van der Waals surface area contributed by atoms with Crippen LogP contribution in [0.4, 0.5) is 5.82 Å². The summed E-state index contributed by atoms with van der Waals surface area (Å²) in [5, 5.41) is 1.35. The number of para-hydroxylation sites is 1. The molecule has 0 radical (unpaired) electrons. The van der Waals surface area contributed by atoms with E-state index in [1.807, 2.05) is 0 Å². The Kier molecular flexibility index (Phi) is 4.49. The van der Waals surface area contributed by atoms with E-state index in [1.165, 1.54) is 55.6 Å². The van der Waals surface area contributed by atoms with Crippen LogP contribution < -0.4 is 4.90 Å². The predicted octanol–water partition coefficient (Wildman–Crippen LogP) is 3.49. The number of hydrogen-bond acceptors (Lipinski definition) is 2. The minimum Gasteiger partial charge on any atom is -0.355 e. The Labute approximate surface area is 128 Å². The Bertz CT molecular complexity index is 579. The molecule has 0 saturated carbocycles. The average molecular weight is 285 g/mol. The van der Waals surface area contributed by atoms with Crippen molar-refractivity contribution < 1.29 is 0 Å². The lowest BCUT2D eigenvalue weighted by atomic mass is 10.2. The van der Waals surface area contributed by atoms with E-state index in [9.17, 15) is 0 Å². The van der Waals surface area contributed by atoms with E-state index in [4.69, 9.17) is 0 Å². The van der Waals surface area contributed by atoms with Gasteiger partial charge in [-0.25, -0.2) is 0 Å². The van der Waals surface area contributed by atoms with Crippen molar-refractivity contribution in [2.75, 3.05) is 37.6 Å². The van der Waals surface area contributed by atoms with Gasteiger partial charge in [-0.1, -0.05) is 38.0 Å². The number of nitrogens with zero attached hydrogens (tertiary/aromatic N) is 3. The number of fused-ring (bicyclic) bond motifs is 1. The quantitative estimate of drug-likeness (QED) is 0.779. The third kappa shape index (κ3) is 3.08. The first kappa shape index (κ1) is 14.5. The molecule has 3 rings (SSSR count). The lowest BCUT2D eigenvalue weighted by Crippen LogP contribution is -2.47. The predicted molar refractivity (Wildman–Crippen MR) is 91.1 cm³/mol. The second-order valence-electron chi connectivity index (χ2n) is 6.16. The lowest BCUT2D eigenvalue weighted by Gasteiger charge is -2.36. The standard InChI is InChI=1S/C18H27N3/c1-3-4-7-10-20-11-13-21(14-12-20)18-15-16-8-5-6-9-17(16)19(18)2/h5-6,8-9,15H,3-4,7,10-14H2,1-2H3. The summed E-state index contributed by atoms with van der Waals surface area (Å²) in [5.41, 5.74) is 1.33. The van der Waals surface area contributed by atoms with Crippen molar-refractivity contribution >= 4 is 16.7 Å². The van der Waals surface area contributed by atoms with Gasteiger partial charge < -0.3 is 9.47 Å². The van der Waals surface area contributed by atoms with Crippen LogP contribution in [-0.2, 0) is 7.05 Å². The number of anilines is 1. The molecule has 3 nitrogen and oxygen atoms in total. The van der Waals surface area contributed by atoms with Crippen molar-refractivity contribution in [2.24, 2.45) is 7.05 Å². The van der Waals surface area contributed by atoms with E-state index < -0.39 is 0 Å². The lowest BCUT2D eigenvalue weighted by molar-refractivity contribution is 0.252. The smallest absolute Gasteiger partial charge is 0.109 e. The molecule has 0 atom stereocenters. The third-order valence-corrected chi connectivity index (χ3v) is 4.70. The molecule has 0 spiro atoms. The molecule has 1 aromatic heterocycles. The third-order valence-electron chi connectivity index (χ3n) is 4.70. The largest absolute Gasteiger partial charge is 0.355 e. The molecule has 0 N–H and O–H groups in total. The van der Waals surface area contributed by atoms with Crippen molar-refractivity contribution in [3.8, 4) is 0 Å². The van der Waals surface area contributed by atoms with Gasteiger partial charge in [-0.15, -0.1) is 0 Å². The molecular weight excluding hydrogens is 258 g/mol. The van der Waals surface area contributed by atoms with Gasteiger partial charge in [-0.05, 0) is 25.1 Å². The first-order valence-electron chi connectivity index (χ1n) is 8.31. The zero-order chi connectivity index (χ0) is 14.7. The molecule has 0 bridgehead atoms. The number of piperazine rings is 1. The number of unbranched alkanes of at least 4 members (excludes halogenated alkanes) is 2. The van der Waals surface area contributed by atoms with Crippen molar-refractivity contribution in [2.45, 2.75) is 26.2 Å². The molecule has 1 aromatic carbocycles. The zero-order valence-corrected chi connectivity index (χ0v) is 13.4. The van der Waals surface area contributed by atoms with Gasteiger partial charge in [0.05, 0.1) is 0 Å². The van der Waals surface area contributed by atoms with Gasteiger partial charge in [0.1, 0.15) is 5.82 Å². The van der Waals surface area contributed by atoms with Crippen molar-refractivity contribution in [3.63, 3.8) is 0 Å². The molecule has 21 heavy (non-hydrogen) atoms. The molecule has 2 aromatic rings. The monoisotopic (exact) mass is 285 g/mol. The Morgan fingerprint density at radius 3 is 2.48 bits per heavy atom. The summed E-state index contributed by atoms with van der Waals surface area (Å²) in [5.74, 6) is 1.37. The first-order chi connectivity index (χ1) is 10.3. The van der Waals surface area contributed by atoms with Crippen LogP contribution in [0, 0.1) is 0 Å². The summed E-state index contributed by atoms with van der Waals surface area (Å²) in [4.78, 5) is 5.16. The molecule has 1 fully saturated rings. The van der Waals surface area contributed by atoms with Crippen LogP contribution >= 0.6 is 0 Å². The van der Waals surface area contributed by atoms with Gasteiger partial charge in [-0.2, -0.15) is 0 Å². The van der Waals surface area contributed by atoms with Crippen molar-refractivity contribution in [3.05, 3.63) is 30.3 Å². The van der Waals surface area contributed by atoms with Gasteiger partial charge in [0.2, 0.25) is 0 Å². The molecule has 114 valence electrons. The first-order valence-corrected chi connectivity index (χ1v) is 8.31. The number of aromatic nitrogens is 1. The maximum Gasteiger partial charge on any atom is 0.109 e. The Morgan fingerprint density at radius 2 is 1.76 bits per heavy atom. The summed E-state index contributed by atoms with van der Waals surface area (Å²) < 4.78 is 2.34. The number of aryl methyl sites for hydroxylation is 1. The Morgan fingerprint density at radius 1 is 1.00 bits per heavy atom. The molecule has 0 amide bonds. The summed E-state index contributed by atoms with van der Waals surface area (Å²) >= 11 is 0. The average Bonchev–Trinajstić information content (AvgIpc) is 2.86. The van der Waals surface area contributed by atoms with Gasteiger partial charge in [0.15, 0.2) is 0 Å². The zero-order valence-electron chi connectivity index (χ0n) is 13.4. The molecular formula is C18H27N3. The van der Waals surface area contributed by atoms with E-state index in [0.717, 1.165) is 13.1 Å². The molecule has 2 heterocycles. The van der Waals surface area contributed by atoms with Crippen LogP contribution in [0.25, 0.3) is 10.9 Å². The Hall–Kier alpha value is -1.48. The van der Waals surface area contributed by atoms with E-state index in [2.05, 4.69) is 58.7 Å². The van der Waals surface area contributed by atoms with Gasteiger partial charge in [0, 0.05) is 44.1 Å². The van der Waals surface area contributed by atoms with Crippen LogP contribution in [0.15, 0.2) is 30.3 Å². The van der Waals surface area contributed by atoms with Crippen LogP contribution in [0.5, 0.6) is 0 Å². The second kappa shape index (κ2) is 6.52. The van der Waals surface area contributed by atoms with Gasteiger partial charge in [0.25, 0.3) is 0 Å². The van der Waals surface area contributed by atoms with Crippen molar-refractivity contribution in [1.29, 1.82) is 0 Å². The van der Waals surface area contributed by atoms with E-state index >= 15 is 0 Å². The minimum atomic E-state index is 1.15. The van der Waals surface area contributed by atoms with Crippen LogP contribution in [0.3, 0.4) is 0 Å². The summed E-state index contributed by atoms with van der Waals surface area (Å²) in [6.07, 6.45) is 4.03. The fourth-order valence-electron chi connectivity index (χ4n) is 3.36. The fraction of sp³-hybridized carbons (Fsp3) is 0.556. The Balaban J connectivity index is 1.64. The van der Waals surface area contributed by atoms with E-state index in [0.29, 0.717) is 0 Å². The maximum absolute atomic E-state index is 2.62. The second-order valence-corrected chi connectivity index (χ2v) is 6.16. The molecule has 1 aliphatic rings. The summed E-state index contributed by atoms with van der Waals surface area (Å²) in [7, 11) is 2.19. The molecule has 0 aliphatic carbocycles. The number of hydrogen-bond donors (Lipinski definition) is 0. The highest BCUT2D eigenvalue weighted by Gasteiger charge is 2.19. The molecule has 3 heteroatoms. The van der Waals surface area contributed by atoms with Crippen LogP contribution in [0.2, 0.25) is 0 Å². The number of benzene rings is 1. The highest BCUT2D eigenvalue weighted by atomic mass is 15.3. The van der Waals surface area contributed by atoms with E-state index in [-0.39, 0.29) is 0 Å². The number of rotatable bonds is 5. The molecule has 0 unspecified atom stereocenters. The highest BCUT2D eigenvalue weighted by molar-refractivity contribution is 5.85. The summed E-state index contributed by atoms with van der Waals surface area (Å²) in [6, 6.07) is 11.0. The molecule has 1 saturated heterocycles. The topological polar surface area (TPSA) is 11.4 Å². The SMILES string of the molecule is CCCCCN1CCN(c2cc3ccccc3n2C)CC1. The van der Waals surface area contributed by atoms with Gasteiger partial charge in [-0.3, -0.25) is 4.90 Å². The minimum absolute atomic E-state index is 1.15. The fourth-order valence-corrected chi connectivity index (χ4v) is 3.36. The van der Waals surface area contributed by atoms with Crippen LogP contribution in [-0.4, -0.2) is 42.2 Å². The maximum atomic E-state index is 2.62. The van der Waals surface area contributed by atoms with Crippen molar-refractivity contribution in [1.82, 2.24) is 9.47 Å². The normalized spacial score (nSPS) is 16.8. The molecule has 1 aliphatic heterocycles. The van der Waals surface area contributed by atoms with Gasteiger partial charge >= 0.3 is 0 Å². The van der Waals surface area contributed by atoms with E-state index in [1.54, 1.807) is 0 Å². The summed E-state index contributed by atoms with van der Waals surface area (Å²) in [6.45, 7) is 8.25.